The highest BCUT2D eigenvalue weighted by Gasteiger charge is 2.27. The van der Waals surface area contributed by atoms with Crippen LogP contribution in [0, 0.1) is 0 Å². The van der Waals surface area contributed by atoms with Crippen molar-refractivity contribution in [1.82, 2.24) is 14.9 Å². The van der Waals surface area contributed by atoms with Crippen molar-refractivity contribution >= 4 is 17.4 Å². The van der Waals surface area contributed by atoms with Gasteiger partial charge in [-0.3, -0.25) is 0 Å². The van der Waals surface area contributed by atoms with Gasteiger partial charge in [0.25, 0.3) is 0 Å². The SMILES string of the molecule is CCN(CC)CCNc1cc(Cl)nc(C2CC2)n1. The largest absolute Gasteiger partial charge is 0.369 e. The lowest BCUT2D eigenvalue weighted by Crippen LogP contribution is -2.28. The minimum absolute atomic E-state index is 0.534. The quantitative estimate of drug-likeness (QED) is 0.772. The van der Waals surface area contributed by atoms with Crippen molar-refractivity contribution in [3.8, 4) is 0 Å². The second-order valence-corrected chi connectivity index (χ2v) is 5.05. The van der Waals surface area contributed by atoms with E-state index in [2.05, 4.69) is 34.0 Å². The predicted molar refractivity (Wildman–Crippen MR) is 75.3 cm³/mol. The molecule has 1 aliphatic rings. The van der Waals surface area contributed by atoms with Crippen LogP contribution in [-0.4, -0.2) is 41.0 Å². The fourth-order valence-electron chi connectivity index (χ4n) is 1.93. The molecule has 1 heterocycles. The number of hydrogen-bond donors (Lipinski definition) is 1. The van der Waals surface area contributed by atoms with Crippen molar-refractivity contribution in [3.05, 3.63) is 17.0 Å². The van der Waals surface area contributed by atoms with E-state index in [-0.39, 0.29) is 0 Å². The van der Waals surface area contributed by atoms with Crippen molar-refractivity contribution in [3.63, 3.8) is 0 Å². The molecule has 0 atom stereocenters. The third-order valence-corrected chi connectivity index (χ3v) is 3.48. The smallest absolute Gasteiger partial charge is 0.135 e. The molecule has 0 amide bonds. The summed E-state index contributed by atoms with van der Waals surface area (Å²) in [6.07, 6.45) is 2.39. The summed E-state index contributed by atoms with van der Waals surface area (Å²) in [6, 6.07) is 1.80. The van der Waals surface area contributed by atoms with Crippen LogP contribution < -0.4 is 5.32 Å². The van der Waals surface area contributed by atoms with Crippen molar-refractivity contribution in [2.45, 2.75) is 32.6 Å². The van der Waals surface area contributed by atoms with Gasteiger partial charge < -0.3 is 10.2 Å². The van der Waals surface area contributed by atoms with Crippen LogP contribution in [0.4, 0.5) is 5.82 Å². The molecule has 0 bridgehead atoms. The van der Waals surface area contributed by atoms with Crippen LogP contribution in [0.5, 0.6) is 0 Å². The Labute approximate surface area is 114 Å². The van der Waals surface area contributed by atoms with Crippen molar-refractivity contribution in [2.24, 2.45) is 0 Å². The van der Waals surface area contributed by atoms with Gasteiger partial charge in [0.05, 0.1) is 0 Å². The van der Waals surface area contributed by atoms with E-state index in [0.717, 1.165) is 37.8 Å². The normalized spacial score (nSPS) is 15.1. The lowest BCUT2D eigenvalue weighted by molar-refractivity contribution is 0.316. The molecule has 1 aliphatic carbocycles. The van der Waals surface area contributed by atoms with Gasteiger partial charge >= 0.3 is 0 Å². The standard InChI is InChI=1S/C13H21ClN4/c1-3-18(4-2)8-7-15-12-9-11(14)16-13(17-12)10-5-6-10/h9-10H,3-8H2,1-2H3,(H,15,16,17). The molecule has 18 heavy (non-hydrogen) atoms. The highest BCUT2D eigenvalue weighted by atomic mass is 35.5. The summed E-state index contributed by atoms with van der Waals surface area (Å²) >= 11 is 6.02. The molecule has 4 nitrogen and oxygen atoms in total. The van der Waals surface area contributed by atoms with Gasteiger partial charge in [0.15, 0.2) is 0 Å². The molecule has 1 N–H and O–H groups in total. The average molecular weight is 269 g/mol. The summed E-state index contributed by atoms with van der Waals surface area (Å²) < 4.78 is 0. The summed E-state index contributed by atoms with van der Waals surface area (Å²) in [7, 11) is 0. The number of nitrogens with zero attached hydrogens (tertiary/aromatic N) is 3. The zero-order valence-electron chi connectivity index (χ0n) is 11.1. The Bertz CT molecular complexity index is 389. The third-order valence-electron chi connectivity index (χ3n) is 3.28. The minimum Gasteiger partial charge on any atom is -0.369 e. The molecule has 1 saturated carbocycles. The maximum atomic E-state index is 6.02. The molecule has 0 aromatic carbocycles. The molecular formula is C13H21ClN4. The summed E-state index contributed by atoms with van der Waals surface area (Å²) in [4.78, 5) is 11.2. The fraction of sp³-hybridized carbons (Fsp3) is 0.692. The van der Waals surface area contributed by atoms with Gasteiger partial charge in [-0.15, -0.1) is 0 Å². The van der Waals surface area contributed by atoms with Crippen molar-refractivity contribution in [2.75, 3.05) is 31.5 Å². The van der Waals surface area contributed by atoms with Crippen LogP contribution in [-0.2, 0) is 0 Å². The lowest BCUT2D eigenvalue weighted by Gasteiger charge is -2.18. The zero-order valence-corrected chi connectivity index (χ0v) is 11.9. The number of anilines is 1. The molecule has 2 rings (SSSR count). The van der Waals surface area contributed by atoms with Crippen LogP contribution in [0.3, 0.4) is 0 Å². The molecule has 1 aromatic rings. The monoisotopic (exact) mass is 268 g/mol. The highest BCUT2D eigenvalue weighted by Crippen LogP contribution is 2.38. The average Bonchev–Trinajstić information content (AvgIpc) is 3.18. The number of aromatic nitrogens is 2. The summed E-state index contributed by atoms with van der Waals surface area (Å²) in [5.41, 5.74) is 0. The third kappa shape index (κ3) is 3.82. The Morgan fingerprint density at radius 2 is 2.06 bits per heavy atom. The van der Waals surface area contributed by atoms with E-state index in [1.807, 2.05) is 0 Å². The van der Waals surface area contributed by atoms with Crippen LogP contribution in [0.15, 0.2) is 6.07 Å². The number of likely N-dealkylation sites (N-methyl/N-ethyl adjacent to an activating group) is 1. The second-order valence-electron chi connectivity index (χ2n) is 4.66. The molecular weight excluding hydrogens is 248 g/mol. The van der Waals surface area contributed by atoms with E-state index in [1.165, 1.54) is 12.8 Å². The molecule has 1 aromatic heterocycles. The highest BCUT2D eigenvalue weighted by molar-refractivity contribution is 6.29. The second kappa shape index (κ2) is 6.34. The predicted octanol–water partition coefficient (Wildman–Crippen LogP) is 2.76. The first-order valence-corrected chi connectivity index (χ1v) is 7.11. The first-order chi connectivity index (χ1) is 8.72. The van der Waals surface area contributed by atoms with E-state index < -0.39 is 0 Å². The van der Waals surface area contributed by atoms with Gasteiger partial charge in [0.2, 0.25) is 0 Å². The molecule has 1 fully saturated rings. The summed E-state index contributed by atoms with van der Waals surface area (Å²) in [6.45, 7) is 8.42. The Hall–Kier alpha value is -0.870. The van der Waals surface area contributed by atoms with Gasteiger partial charge in [-0.1, -0.05) is 25.4 Å². The van der Waals surface area contributed by atoms with Gasteiger partial charge in [-0.25, -0.2) is 9.97 Å². The summed E-state index contributed by atoms with van der Waals surface area (Å²) in [5.74, 6) is 2.28. The van der Waals surface area contributed by atoms with Crippen molar-refractivity contribution < 1.29 is 0 Å². The molecule has 100 valence electrons. The van der Waals surface area contributed by atoms with Gasteiger partial charge in [-0.05, 0) is 25.9 Å². The number of halogens is 1. The zero-order chi connectivity index (χ0) is 13.0. The topological polar surface area (TPSA) is 41.0 Å². The van der Waals surface area contributed by atoms with Crippen LogP contribution in [0.25, 0.3) is 0 Å². The molecule has 5 heteroatoms. The van der Waals surface area contributed by atoms with Crippen LogP contribution >= 0.6 is 11.6 Å². The number of rotatable bonds is 7. The van der Waals surface area contributed by atoms with E-state index in [9.17, 15) is 0 Å². The Balaban J connectivity index is 1.88. The van der Waals surface area contributed by atoms with Gasteiger partial charge in [0.1, 0.15) is 16.8 Å². The van der Waals surface area contributed by atoms with Crippen molar-refractivity contribution in [1.29, 1.82) is 0 Å². The minimum atomic E-state index is 0.534. The van der Waals surface area contributed by atoms with Gasteiger partial charge in [0, 0.05) is 25.1 Å². The van der Waals surface area contributed by atoms with E-state index in [1.54, 1.807) is 6.07 Å². The lowest BCUT2D eigenvalue weighted by atomic mass is 10.4. The van der Waals surface area contributed by atoms with Gasteiger partial charge in [-0.2, -0.15) is 0 Å². The van der Waals surface area contributed by atoms with E-state index >= 15 is 0 Å². The number of hydrogen-bond acceptors (Lipinski definition) is 4. The molecule has 0 aliphatic heterocycles. The molecule has 0 unspecified atom stereocenters. The fourth-order valence-corrected chi connectivity index (χ4v) is 2.12. The maximum absolute atomic E-state index is 6.02. The van der Waals surface area contributed by atoms with E-state index in [0.29, 0.717) is 11.1 Å². The van der Waals surface area contributed by atoms with E-state index in [4.69, 9.17) is 11.6 Å². The molecule has 0 saturated heterocycles. The molecule has 0 radical (unpaired) electrons. The van der Waals surface area contributed by atoms with Crippen LogP contribution in [0.2, 0.25) is 5.15 Å². The first kappa shape index (κ1) is 13.6. The maximum Gasteiger partial charge on any atom is 0.135 e. The Kier molecular flexibility index (Phi) is 4.78. The van der Waals surface area contributed by atoms with Crippen LogP contribution in [0.1, 0.15) is 38.4 Å². The Morgan fingerprint density at radius 1 is 1.33 bits per heavy atom. The number of nitrogens with one attached hydrogen (secondary N) is 1. The molecule has 0 spiro atoms. The first-order valence-electron chi connectivity index (χ1n) is 6.73. The Morgan fingerprint density at radius 3 is 2.67 bits per heavy atom. The summed E-state index contributed by atoms with van der Waals surface area (Å²) in [5, 5.41) is 3.87.